The van der Waals surface area contributed by atoms with Gasteiger partial charge in [0, 0.05) is 23.2 Å². The first-order valence-corrected chi connectivity index (χ1v) is 7.24. The van der Waals surface area contributed by atoms with Gasteiger partial charge >= 0.3 is 0 Å². The molecular formula is C13H22N2S. The quantitative estimate of drug-likeness (QED) is 0.844. The number of thiophene rings is 1. The first kappa shape index (κ1) is 11.9. The van der Waals surface area contributed by atoms with E-state index in [1.54, 1.807) is 11.3 Å². The summed E-state index contributed by atoms with van der Waals surface area (Å²) in [5, 5.41) is 5.77. The Balaban J connectivity index is 1.86. The summed E-state index contributed by atoms with van der Waals surface area (Å²) < 4.78 is 0. The third-order valence-electron chi connectivity index (χ3n) is 3.74. The molecule has 0 spiro atoms. The lowest BCUT2D eigenvalue weighted by atomic mass is 9.83. The van der Waals surface area contributed by atoms with Gasteiger partial charge in [-0.3, -0.25) is 0 Å². The van der Waals surface area contributed by atoms with Crippen molar-refractivity contribution < 1.29 is 0 Å². The highest BCUT2D eigenvalue weighted by Gasteiger charge is 2.23. The lowest BCUT2D eigenvalue weighted by Gasteiger charge is -2.31. The number of hydrogen-bond acceptors (Lipinski definition) is 3. The zero-order valence-corrected chi connectivity index (χ0v) is 10.9. The molecule has 0 aromatic carbocycles. The average molecular weight is 238 g/mol. The minimum atomic E-state index is 0.709. The van der Waals surface area contributed by atoms with Crippen molar-refractivity contribution in [2.24, 2.45) is 5.92 Å². The number of nitrogens with one attached hydrogen (secondary N) is 1. The Bertz CT molecular complexity index is 321. The summed E-state index contributed by atoms with van der Waals surface area (Å²) in [4.78, 5) is 1.29. The summed E-state index contributed by atoms with van der Waals surface area (Å²) in [5.74, 6) is 0.870. The van der Waals surface area contributed by atoms with E-state index in [1.807, 2.05) is 6.07 Å². The molecule has 2 rings (SSSR count). The Hall–Kier alpha value is -0.540. The molecule has 0 amide bonds. The van der Waals surface area contributed by atoms with Gasteiger partial charge in [0.2, 0.25) is 0 Å². The summed E-state index contributed by atoms with van der Waals surface area (Å²) in [7, 11) is 0. The molecule has 90 valence electrons. The lowest BCUT2D eigenvalue weighted by Crippen LogP contribution is -2.37. The monoisotopic (exact) mass is 238 g/mol. The Morgan fingerprint density at radius 3 is 2.94 bits per heavy atom. The molecule has 2 unspecified atom stereocenters. The van der Waals surface area contributed by atoms with Crippen LogP contribution in [0.3, 0.4) is 0 Å². The topological polar surface area (TPSA) is 38.0 Å². The lowest BCUT2D eigenvalue weighted by molar-refractivity contribution is 0.255. The minimum Gasteiger partial charge on any atom is -0.398 e. The van der Waals surface area contributed by atoms with Crippen LogP contribution in [0, 0.1) is 5.92 Å². The van der Waals surface area contributed by atoms with Crippen LogP contribution in [0.25, 0.3) is 0 Å². The average Bonchev–Trinajstić information content (AvgIpc) is 2.72. The van der Waals surface area contributed by atoms with E-state index >= 15 is 0 Å². The molecule has 1 aromatic rings. The Morgan fingerprint density at radius 2 is 2.25 bits per heavy atom. The molecule has 1 aromatic heterocycles. The van der Waals surface area contributed by atoms with Gasteiger partial charge < -0.3 is 11.1 Å². The molecule has 2 atom stereocenters. The number of anilines is 1. The molecule has 1 heterocycles. The van der Waals surface area contributed by atoms with Crippen molar-refractivity contribution >= 4 is 17.0 Å². The molecule has 2 nitrogen and oxygen atoms in total. The highest BCUT2D eigenvalue weighted by atomic mass is 32.1. The predicted molar refractivity (Wildman–Crippen MR) is 71.6 cm³/mol. The Kier molecular flexibility index (Phi) is 4.24. The molecule has 0 aliphatic heterocycles. The van der Waals surface area contributed by atoms with Crippen LogP contribution in [0.5, 0.6) is 0 Å². The third kappa shape index (κ3) is 2.77. The smallest absolute Gasteiger partial charge is 0.0468 e. The first-order valence-electron chi connectivity index (χ1n) is 6.36. The van der Waals surface area contributed by atoms with Crippen LogP contribution >= 0.6 is 11.3 Å². The molecular weight excluding hydrogens is 216 g/mol. The van der Waals surface area contributed by atoms with Gasteiger partial charge in [0.15, 0.2) is 0 Å². The molecule has 1 saturated carbocycles. The molecule has 1 aliphatic rings. The van der Waals surface area contributed by atoms with Crippen molar-refractivity contribution in [2.75, 3.05) is 5.73 Å². The van der Waals surface area contributed by atoms with E-state index in [1.165, 1.54) is 37.0 Å². The zero-order chi connectivity index (χ0) is 11.4. The highest BCUT2D eigenvalue weighted by Crippen LogP contribution is 2.27. The van der Waals surface area contributed by atoms with Crippen molar-refractivity contribution in [1.29, 1.82) is 0 Å². The summed E-state index contributed by atoms with van der Waals surface area (Å²) in [6.45, 7) is 3.26. The van der Waals surface area contributed by atoms with Gasteiger partial charge in [0.1, 0.15) is 0 Å². The van der Waals surface area contributed by atoms with Gasteiger partial charge in [0.05, 0.1) is 0 Å². The second-order valence-electron chi connectivity index (χ2n) is 4.74. The fourth-order valence-corrected chi connectivity index (χ4v) is 3.43. The molecule has 3 N–H and O–H groups in total. The third-order valence-corrected chi connectivity index (χ3v) is 4.67. The maximum atomic E-state index is 5.89. The molecule has 1 fully saturated rings. The van der Waals surface area contributed by atoms with E-state index in [4.69, 9.17) is 5.73 Å². The molecule has 3 heteroatoms. The largest absolute Gasteiger partial charge is 0.398 e. The molecule has 16 heavy (non-hydrogen) atoms. The fourth-order valence-electron chi connectivity index (χ4n) is 2.68. The second kappa shape index (κ2) is 5.69. The maximum absolute atomic E-state index is 5.89. The Morgan fingerprint density at radius 1 is 1.44 bits per heavy atom. The molecule has 0 bridgehead atoms. The van der Waals surface area contributed by atoms with Gasteiger partial charge in [-0.25, -0.2) is 0 Å². The zero-order valence-electron chi connectivity index (χ0n) is 10.0. The summed E-state index contributed by atoms with van der Waals surface area (Å²) in [6, 6.07) is 2.71. The van der Waals surface area contributed by atoms with E-state index in [0.29, 0.717) is 6.04 Å². The van der Waals surface area contributed by atoms with E-state index in [-0.39, 0.29) is 0 Å². The van der Waals surface area contributed by atoms with E-state index in [9.17, 15) is 0 Å². The summed E-state index contributed by atoms with van der Waals surface area (Å²) in [5.41, 5.74) is 6.84. The van der Waals surface area contributed by atoms with Gasteiger partial charge in [-0.1, -0.05) is 26.2 Å². The van der Waals surface area contributed by atoms with E-state index in [2.05, 4.69) is 17.6 Å². The molecule has 0 radical (unpaired) electrons. The number of nitrogen functional groups attached to an aromatic ring is 1. The van der Waals surface area contributed by atoms with Crippen LogP contribution in [0.15, 0.2) is 11.4 Å². The van der Waals surface area contributed by atoms with Crippen LogP contribution < -0.4 is 11.1 Å². The second-order valence-corrected chi connectivity index (χ2v) is 5.74. The number of rotatable bonds is 4. The van der Waals surface area contributed by atoms with Crippen LogP contribution in [-0.4, -0.2) is 6.04 Å². The van der Waals surface area contributed by atoms with E-state index < -0.39 is 0 Å². The van der Waals surface area contributed by atoms with Crippen molar-refractivity contribution in [3.63, 3.8) is 0 Å². The van der Waals surface area contributed by atoms with Crippen LogP contribution in [0.4, 0.5) is 5.69 Å². The minimum absolute atomic E-state index is 0.709. The summed E-state index contributed by atoms with van der Waals surface area (Å²) >= 11 is 1.76. The SMILES string of the molecule is CCC1CCCCC1NCc1sccc1N. The fraction of sp³-hybridized carbons (Fsp3) is 0.692. The summed E-state index contributed by atoms with van der Waals surface area (Å²) in [6.07, 6.45) is 6.83. The van der Waals surface area contributed by atoms with Crippen LogP contribution in [-0.2, 0) is 6.54 Å². The van der Waals surface area contributed by atoms with Crippen molar-refractivity contribution in [2.45, 2.75) is 51.6 Å². The van der Waals surface area contributed by atoms with Gasteiger partial charge in [-0.2, -0.15) is 0 Å². The number of hydrogen-bond donors (Lipinski definition) is 2. The normalized spacial score (nSPS) is 25.8. The molecule has 0 saturated heterocycles. The van der Waals surface area contributed by atoms with E-state index in [0.717, 1.165) is 18.2 Å². The van der Waals surface area contributed by atoms with Crippen LogP contribution in [0.2, 0.25) is 0 Å². The van der Waals surface area contributed by atoms with Crippen molar-refractivity contribution in [3.8, 4) is 0 Å². The standard InChI is InChI=1S/C13H22N2S/c1-2-10-5-3-4-6-12(10)15-9-13-11(14)7-8-16-13/h7-8,10,12,15H,2-6,9,14H2,1H3. The number of nitrogens with two attached hydrogens (primary N) is 1. The highest BCUT2D eigenvalue weighted by molar-refractivity contribution is 7.10. The molecule has 1 aliphatic carbocycles. The van der Waals surface area contributed by atoms with Crippen molar-refractivity contribution in [3.05, 3.63) is 16.3 Å². The van der Waals surface area contributed by atoms with Gasteiger partial charge in [-0.15, -0.1) is 11.3 Å². The van der Waals surface area contributed by atoms with Crippen molar-refractivity contribution in [1.82, 2.24) is 5.32 Å². The van der Waals surface area contributed by atoms with Gasteiger partial charge in [0.25, 0.3) is 0 Å². The van der Waals surface area contributed by atoms with Crippen LogP contribution in [0.1, 0.15) is 43.9 Å². The first-order chi connectivity index (χ1) is 7.81. The predicted octanol–water partition coefficient (Wildman–Crippen LogP) is 3.39. The Labute approximate surface area is 102 Å². The maximum Gasteiger partial charge on any atom is 0.0468 e. The van der Waals surface area contributed by atoms with Gasteiger partial charge in [-0.05, 0) is 30.2 Å².